The van der Waals surface area contributed by atoms with E-state index in [1.165, 1.54) is 0 Å². The molecule has 1 N–H and O–H groups in total. The highest BCUT2D eigenvalue weighted by atomic mass is 32.1. The summed E-state index contributed by atoms with van der Waals surface area (Å²) in [5.74, 6) is 0.902. The predicted octanol–water partition coefficient (Wildman–Crippen LogP) is 3.71. The zero-order chi connectivity index (χ0) is 13.7. The lowest BCUT2D eigenvalue weighted by molar-refractivity contribution is 0.341. The molecular weight excluding hydrogens is 256 g/mol. The molecule has 1 heterocycles. The molecule has 0 unspecified atom stereocenters. The van der Waals surface area contributed by atoms with Crippen molar-refractivity contribution in [2.24, 2.45) is 0 Å². The van der Waals surface area contributed by atoms with E-state index in [0.29, 0.717) is 12.6 Å². The number of rotatable bonds is 6. The number of nitrogens with zero attached hydrogens (tertiary/aromatic N) is 1. The fourth-order valence-corrected chi connectivity index (χ4v) is 2.51. The van der Waals surface area contributed by atoms with Gasteiger partial charge in [0.15, 0.2) is 0 Å². The molecule has 0 fully saturated rings. The first-order valence-corrected chi connectivity index (χ1v) is 7.48. The first-order chi connectivity index (χ1) is 9.20. The molecule has 102 valence electrons. The van der Waals surface area contributed by atoms with Gasteiger partial charge in [0.1, 0.15) is 10.8 Å². The fourth-order valence-electron chi connectivity index (χ4n) is 1.77. The number of nitrogens with one attached hydrogen (secondary N) is 1. The second kappa shape index (κ2) is 6.68. The highest BCUT2D eigenvalue weighted by molar-refractivity contribution is 7.09. The zero-order valence-corrected chi connectivity index (χ0v) is 12.5. The quantitative estimate of drug-likeness (QED) is 0.873. The van der Waals surface area contributed by atoms with Crippen molar-refractivity contribution in [1.29, 1.82) is 0 Å². The smallest absolute Gasteiger partial charge is 0.128 e. The van der Waals surface area contributed by atoms with Crippen LogP contribution in [0.2, 0.25) is 0 Å². The van der Waals surface area contributed by atoms with Gasteiger partial charge in [-0.15, -0.1) is 11.3 Å². The summed E-state index contributed by atoms with van der Waals surface area (Å²) in [6.45, 7) is 7.76. The molecule has 0 aliphatic heterocycles. The van der Waals surface area contributed by atoms with Crippen molar-refractivity contribution < 1.29 is 4.74 Å². The van der Waals surface area contributed by atoms with Crippen LogP contribution in [0, 0.1) is 0 Å². The summed E-state index contributed by atoms with van der Waals surface area (Å²) >= 11 is 1.68. The van der Waals surface area contributed by atoms with Crippen molar-refractivity contribution in [3.8, 4) is 17.0 Å². The molecule has 3 nitrogen and oxygen atoms in total. The lowest BCUT2D eigenvalue weighted by Crippen LogP contribution is -2.21. The van der Waals surface area contributed by atoms with E-state index < -0.39 is 0 Å². The Labute approximate surface area is 118 Å². The van der Waals surface area contributed by atoms with E-state index in [9.17, 15) is 0 Å². The second-order valence-corrected chi connectivity index (χ2v) is 5.53. The number of aromatic nitrogens is 1. The lowest BCUT2D eigenvalue weighted by Gasteiger charge is -2.07. The van der Waals surface area contributed by atoms with Gasteiger partial charge in [0, 0.05) is 23.5 Å². The number of para-hydroxylation sites is 1. The number of thiazole rings is 1. The monoisotopic (exact) mass is 276 g/mol. The lowest BCUT2D eigenvalue weighted by atomic mass is 10.1. The van der Waals surface area contributed by atoms with Crippen LogP contribution in [0.4, 0.5) is 0 Å². The van der Waals surface area contributed by atoms with Crippen LogP contribution in [-0.4, -0.2) is 17.6 Å². The van der Waals surface area contributed by atoms with Gasteiger partial charge < -0.3 is 10.1 Å². The largest absolute Gasteiger partial charge is 0.493 e. The Balaban J connectivity index is 2.18. The van der Waals surface area contributed by atoms with Crippen LogP contribution in [0.15, 0.2) is 29.6 Å². The maximum atomic E-state index is 5.65. The van der Waals surface area contributed by atoms with E-state index in [-0.39, 0.29) is 0 Å². The van der Waals surface area contributed by atoms with Crippen LogP contribution in [-0.2, 0) is 6.54 Å². The number of ether oxygens (including phenoxy) is 1. The van der Waals surface area contributed by atoms with Gasteiger partial charge in [0.05, 0.1) is 12.3 Å². The molecule has 2 aromatic rings. The summed E-state index contributed by atoms with van der Waals surface area (Å²) in [6.07, 6.45) is 0. The van der Waals surface area contributed by atoms with E-state index in [2.05, 4.69) is 35.6 Å². The van der Waals surface area contributed by atoms with Crippen molar-refractivity contribution in [1.82, 2.24) is 10.3 Å². The van der Waals surface area contributed by atoms with Crippen molar-refractivity contribution in [2.75, 3.05) is 6.61 Å². The molecule has 0 aliphatic rings. The average molecular weight is 276 g/mol. The summed E-state index contributed by atoms with van der Waals surface area (Å²) in [6, 6.07) is 8.53. The third-order valence-electron chi connectivity index (χ3n) is 2.68. The topological polar surface area (TPSA) is 34.1 Å². The molecule has 0 bridgehead atoms. The normalized spacial score (nSPS) is 10.9. The Bertz CT molecular complexity index is 522. The molecule has 0 atom stereocenters. The van der Waals surface area contributed by atoms with E-state index in [0.717, 1.165) is 28.6 Å². The minimum Gasteiger partial charge on any atom is -0.493 e. The first-order valence-electron chi connectivity index (χ1n) is 6.60. The van der Waals surface area contributed by atoms with E-state index in [4.69, 9.17) is 4.74 Å². The molecule has 0 amide bonds. The Morgan fingerprint density at radius 2 is 2.11 bits per heavy atom. The molecule has 0 saturated carbocycles. The van der Waals surface area contributed by atoms with Crippen LogP contribution in [0.3, 0.4) is 0 Å². The van der Waals surface area contributed by atoms with Crippen molar-refractivity contribution in [3.05, 3.63) is 34.7 Å². The van der Waals surface area contributed by atoms with Crippen molar-refractivity contribution >= 4 is 11.3 Å². The van der Waals surface area contributed by atoms with Gasteiger partial charge in [-0.1, -0.05) is 26.0 Å². The summed E-state index contributed by atoms with van der Waals surface area (Å²) in [7, 11) is 0. The molecule has 0 aliphatic carbocycles. The maximum Gasteiger partial charge on any atom is 0.128 e. The molecule has 1 aromatic carbocycles. The van der Waals surface area contributed by atoms with Crippen LogP contribution in [0.5, 0.6) is 5.75 Å². The van der Waals surface area contributed by atoms with Gasteiger partial charge in [-0.2, -0.15) is 0 Å². The second-order valence-electron chi connectivity index (χ2n) is 4.59. The summed E-state index contributed by atoms with van der Waals surface area (Å²) < 4.78 is 5.65. The van der Waals surface area contributed by atoms with Crippen molar-refractivity contribution in [2.45, 2.75) is 33.4 Å². The maximum absolute atomic E-state index is 5.65. The van der Waals surface area contributed by atoms with Gasteiger partial charge in [-0.3, -0.25) is 0 Å². The van der Waals surface area contributed by atoms with Crippen molar-refractivity contribution in [3.63, 3.8) is 0 Å². The minimum atomic E-state index is 0.475. The highest BCUT2D eigenvalue weighted by Crippen LogP contribution is 2.30. The van der Waals surface area contributed by atoms with E-state index in [1.54, 1.807) is 11.3 Å². The Hall–Kier alpha value is -1.39. The summed E-state index contributed by atoms with van der Waals surface area (Å²) in [5, 5.41) is 6.58. The summed E-state index contributed by atoms with van der Waals surface area (Å²) in [4.78, 5) is 4.67. The Morgan fingerprint density at radius 1 is 1.32 bits per heavy atom. The molecule has 0 saturated heterocycles. The fraction of sp³-hybridized carbons (Fsp3) is 0.400. The van der Waals surface area contributed by atoms with Gasteiger partial charge in [-0.05, 0) is 19.1 Å². The molecule has 4 heteroatoms. The first kappa shape index (κ1) is 14.0. The van der Waals surface area contributed by atoms with Gasteiger partial charge >= 0.3 is 0 Å². The third kappa shape index (κ3) is 3.78. The van der Waals surface area contributed by atoms with Crippen LogP contribution in [0.25, 0.3) is 11.3 Å². The average Bonchev–Trinajstić information content (AvgIpc) is 2.86. The Kier molecular flexibility index (Phi) is 4.93. The molecule has 2 rings (SSSR count). The van der Waals surface area contributed by atoms with Crippen LogP contribution < -0.4 is 10.1 Å². The number of hydrogen-bond acceptors (Lipinski definition) is 4. The standard InChI is InChI=1S/C15H20N2OS/c1-4-18-14-8-6-5-7-12(14)13-10-19-15(17-13)9-16-11(2)3/h5-8,10-11,16H,4,9H2,1-3H3. The molecular formula is C15H20N2OS. The zero-order valence-electron chi connectivity index (χ0n) is 11.6. The highest BCUT2D eigenvalue weighted by Gasteiger charge is 2.09. The van der Waals surface area contributed by atoms with Crippen LogP contribution in [0.1, 0.15) is 25.8 Å². The number of hydrogen-bond donors (Lipinski definition) is 1. The van der Waals surface area contributed by atoms with Gasteiger partial charge in [0.2, 0.25) is 0 Å². The van der Waals surface area contributed by atoms with Gasteiger partial charge in [-0.25, -0.2) is 4.98 Å². The van der Waals surface area contributed by atoms with E-state index in [1.807, 2.05) is 25.1 Å². The third-order valence-corrected chi connectivity index (χ3v) is 3.52. The van der Waals surface area contributed by atoms with E-state index >= 15 is 0 Å². The summed E-state index contributed by atoms with van der Waals surface area (Å²) in [5.41, 5.74) is 2.06. The molecule has 19 heavy (non-hydrogen) atoms. The SMILES string of the molecule is CCOc1ccccc1-c1csc(CNC(C)C)n1. The predicted molar refractivity (Wildman–Crippen MR) is 80.7 cm³/mol. The molecule has 1 aromatic heterocycles. The van der Waals surface area contributed by atoms with Crippen LogP contribution >= 0.6 is 11.3 Å². The van der Waals surface area contributed by atoms with Gasteiger partial charge in [0.25, 0.3) is 0 Å². The minimum absolute atomic E-state index is 0.475. The number of benzene rings is 1. The molecule has 0 radical (unpaired) electrons. The Morgan fingerprint density at radius 3 is 2.84 bits per heavy atom. The molecule has 0 spiro atoms.